The maximum absolute atomic E-state index is 5.75. The highest BCUT2D eigenvalue weighted by molar-refractivity contribution is 7.18. The van der Waals surface area contributed by atoms with Crippen molar-refractivity contribution in [3.05, 3.63) is 47.1 Å². The smallest absolute Gasteiger partial charge is 0.141 e. The summed E-state index contributed by atoms with van der Waals surface area (Å²) in [7, 11) is 0. The molecule has 0 amide bonds. The van der Waals surface area contributed by atoms with Crippen molar-refractivity contribution in [2.24, 2.45) is 0 Å². The summed E-state index contributed by atoms with van der Waals surface area (Å²) in [6.07, 6.45) is 1.65. The molecule has 0 fully saturated rings. The highest BCUT2D eigenvalue weighted by atomic mass is 32.1. The molecule has 4 nitrogen and oxygen atoms in total. The fourth-order valence-corrected chi connectivity index (χ4v) is 3.24. The van der Waals surface area contributed by atoms with E-state index in [0.717, 1.165) is 34.8 Å². The maximum Gasteiger partial charge on any atom is 0.141 e. The molecule has 0 aliphatic rings. The summed E-state index contributed by atoms with van der Waals surface area (Å²) in [6.45, 7) is 5.96. The number of hydrogen-bond donors (Lipinski definition) is 1. The van der Waals surface area contributed by atoms with Crippen LogP contribution in [0.25, 0.3) is 10.2 Å². The van der Waals surface area contributed by atoms with Crippen molar-refractivity contribution >= 4 is 33.1 Å². The van der Waals surface area contributed by atoms with Crippen LogP contribution in [0.4, 0.5) is 11.5 Å². The van der Waals surface area contributed by atoms with Gasteiger partial charge in [0.15, 0.2) is 0 Å². The zero-order valence-electron chi connectivity index (χ0n) is 12.2. The van der Waals surface area contributed by atoms with Crippen LogP contribution in [0.5, 0.6) is 0 Å². The van der Waals surface area contributed by atoms with Gasteiger partial charge in [-0.15, -0.1) is 11.3 Å². The number of hydrogen-bond acceptors (Lipinski definition) is 5. The van der Waals surface area contributed by atoms with Crippen LogP contribution in [0.2, 0.25) is 0 Å². The predicted molar refractivity (Wildman–Crippen MR) is 89.7 cm³/mol. The number of nitrogen functional groups attached to an aromatic ring is 1. The third-order valence-corrected chi connectivity index (χ3v) is 4.42. The van der Waals surface area contributed by atoms with Crippen molar-refractivity contribution in [2.45, 2.75) is 20.4 Å². The summed E-state index contributed by atoms with van der Waals surface area (Å²) in [4.78, 5) is 13.4. The minimum atomic E-state index is 0.791. The van der Waals surface area contributed by atoms with Crippen LogP contribution in [0, 0.1) is 6.92 Å². The average Bonchev–Trinajstić information content (AvgIpc) is 2.87. The van der Waals surface area contributed by atoms with E-state index in [1.54, 1.807) is 17.7 Å². The van der Waals surface area contributed by atoms with Gasteiger partial charge in [-0.25, -0.2) is 9.97 Å². The van der Waals surface area contributed by atoms with Gasteiger partial charge in [0.05, 0.1) is 5.39 Å². The van der Waals surface area contributed by atoms with E-state index in [4.69, 9.17) is 5.73 Å². The normalized spacial score (nSPS) is 11.0. The van der Waals surface area contributed by atoms with Gasteiger partial charge in [-0.05, 0) is 37.6 Å². The lowest BCUT2D eigenvalue weighted by molar-refractivity contribution is 0.817. The fourth-order valence-electron chi connectivity index (χ4n) is 2.40. The molecule has 2 heterocycles. The van der Waals surface area contributed by atoms with E-state index in [9.17, 15) is 0 Å². The highest BCUT2D eigenvalue weighted by Gasteiger charge is 2.13. The molecule has 108 valence electrons. The van der Waals surface area contributed by atoms with Crippen LogP contribution < -0.4 is 10.6 Å². The zero-order valence-corrected chi connectivity index (χ0v) is 13.0. The van der Waals surface area contributed by atoms with Gasteiger partial charge in [-0.1, -0.05) is 12.1 Å². The summed E-state index contributed by atoms with van der Waals surface area (Å²) < 4.78 is 0. The summed E-state index contributed by atoms with van der Waals surface area (Å²) in [5.74, 6) is 1.00. The molecule has 3 rings (SSSR count). The minimum Gasteiger partial charge on any atom is -0.399 e. The fraction of sp³-hybridized carbons (Fsp3) is 0.250. The molecule has 0 aliphatic carbocycles. The van der Waals surface area contributed by atoms with Gasteiger partial charge in [0.2, 0.25) is 0 Å². The molecule has 0 spiro atoms. The Labute approximate surface area is 128 Å². The van der Waals surface area contributed by atoms with E-state index in [1.807, 2.05) is 12.1 Å². The Hall–Kier alpha value is -2.14. The monoisotopic (exact) mass is 298 g/mol. The molecule has 0 unspecified atom stereocenters. The molecule has 2 aromatic heterocycles. The molecule has 0 radical (unpaired) electrons. The van der Waals surface area contributed by atoms with Gasteiger partial charge < -0.3 is 10.6 Å². The zero-order chi connectivity index (χ0) is 14.8. The minimum absolute atomic E-state index is 0.791. The Kier molecular flexibility index (Phi) is 3.75. The number of thiophene rings is 1. The van der Waals surface area contributed by atoms with Gasteiger partial charge in [-0.2, -0.15) is 0 Å². The number of benzene rings is 1. The Balaban J connectivity index is 1.96. The quantitative estimate of drug-likeness (QED) is 0.748. The third-order valence-electron chi connectivity index (χ3n) is 3.47. The molecule has 0 atom stereocenters. The first kappa shape index (κ1) is 13.8. The Bertz CT molecular complexity index is 749. The van der Waals surface area contributed by atoms with Gasteiger partial charge in [0.1, 0.15) is 17.0 Å². The molecule has 1 aromatic carbocycles. The SMILES string of the molecule is CCN(Cc1ccc(N)cc1)c1ncnc2sc(C)cc12. The first-order valence-corrected chi connectivity index (χ1v) is 7.79. The van der Waals surface area contributed by atoms with Crippen LogP contribution in [0.15, 0.2) is 36.7 Å². The molecular formula is C16H18N4S. The summed E-state index contributed by atoms with van der Waals surface area (Å²) in [6, 6.07) is 10.2. The first-order chi connectivity index (χ1) is 10.2. The Morgan fingerprint density at radius 1 is 1.19 bits per heavy atom. The number of nitrogens with zero attached hydrogens (tertiary/aromatic N) is 3. The molecule has 0 saturated heterocycles. The molecule has 0 aliphatic heterocycles. The van der Waals surface area contributed by atoms with E-state index in [1.165, 1.54) is 10.4 Å². The van der Waals surface area contributed by atoms with Crippen molar-refractivity contribution in [1.29, 1.82) is 0 Å². The Morgan fingerprint density at radius 2 is 1.95 bits per heavy atom. The predicted octanol–water partition coefficient (Wildman–Crippen LogP) is 3.61. The first-order valence-electron chi connectivity index (χ1n) is 6.98. The van der Waals surface area contributed by atoms with E-state index >= 15 is 0 Å². The summed E-state index contributed by atoms with van der Waals surface area (Å²) >= 11 is 1.71. The number of aromatic nitrogens is 2. The molecule has 3 aromatic rings. The summed E-state index contributed by atoms with van der Waals surface area (Å²) in [5.41, 5.74) is 7.76. The molecule has 2 N–H and O–H groups in total. The number of rotatable bonds is 4. The van der Waals surface area contributed by atoms with Gasteiger partial charge >= 0.3 is 0 Å². The molecule has 0 bridgehead atoms. The lowest BCUT2D eigenvalue weighted by Gasteiger charge is -2.22. The molecule has 21 heavy (non-hydrogen) atoms. The van der Waals surface area contributed by atoms with Crippen molar-refractivity contribution < 1.29 is 0 Å². The molecule has 0 saturated carbocycles. The second-order valence-electron chi connectivity index (χ2n) is 5.03. The number of fused-ring (bicyclic) bond motifs is 1. The lowest BCUT2D eigenvalue weighted by Crippen LogP contribution is -2.23. The topological polar surface area (TPSA) is 55.0 Å². The number of nitrogens with two attached hydrogens (primary N) is 1. The lowest BCUT2D eigenvalue weighted by atomic mass is 10.2. The average molecular weight is 298 g/mol. The van der Waals surface area contributed by atoms with Gasteiger partial charge in [-0.3, -0.25) is 0 Å². The second-order valence-corrected chi connectivity index (χ2v) is 6.26. The van der Waals surface area contributed by atoms with Gasteiger partial charge in [0.25, 0.3) is 0 Å². The largest absolute Gasteiger partial charge is 0.399 e. The van der Waals surface area contributed by atoms with Gasteiger partial charge in [0, 0.05) is 23.7 Å². The molecule has 5 heteroatoms. The third kappa shape index (κ3) is 2.83. The molecular weight excluding hydrogens is 280 g/mol. The van der Waals surface area contributed by atoms with E-state index < -0.39 is 0 Å². The second kappa shape index (κ2) is 5.69. The van der Waals surface area contributed by atoms with E-state index in [0.29, 0.717) is 0 Å². The van der Waals surface area contributed by atoms with Crippen LogP contribution in [-0.2, 0) is 6.54 Å². The van der Waals surface area contributed by atoms with E-state index in [2.05, 4.69) is 46.9 Å². The number of anilines is 2. The summed E-state index contributed by atoms with van der Waals surface area (Å²) in [5, 5.41) is 1.14. The highest BCUT2D eigenvalue weighted by Crippen LogP contribution is 2.30. The Morgan fingerprint density at radius 3 is 2.67 bits per heavy atom. The van der Waals surface area contributed by atoms with Crippen LogP contribution in [-0.4, -0.2) is 16.5 Å². The van der Waals surface area contributed by atoms with Crippen LogP contribution >= 0.6 is 11.3 Å². The number of aryl methyl sites for hydroxylation is 1. The van der Waals surface area contributed by atoms with Crippen LogP contribution in [0.1, 0.15) is 17.4 Å². The van der Waals surface area contributed by atoms with Crippen molar-refractivity contribution in [1.82, 2.24) is 9.97 Å². The van der Waals surface area contributed by atoms with Crippen LogP contribution in [0.3, 0.4) is 0 Å². The van der Waals surface area contributed by atoms with Crippen molar-refractivity contribution in [2.75, 3.05) is 17.2 Å². The van der Waals surface area contributed by atoms with Crippen molar-refractivity contribution in [3.63, 3.8) is 0 Å². The maximum atomic E-state index is 5.75. The van der Waals surface area contributed by atoms with Crippen molar-refractivity contribution in [3.8, 4) is 0 Å². The van der Waals surface area contributed by atoms with E-state index in [-0.39, 0.29) is 0 Å². The standard InChI is InChI=1S/C16H18N4S/c1-3-20(9-12-4-6-13(17)7-5-12)15-14-8-11(2)21-16(14)19-10-18-15/h4-8,10H,3,9,17H2,1-2H3.